The minimum Gasteiger partial charge on any atom is -0.360 e. The number of para-hydroxylation sites is 1. The number of nitrogens with zero attached hydrogens (tertiary/aromatic N) is 2. The number of ketones is 1. The fourth-order valence-corrected chi connectivity index (χ4v) is 3.40. The lowest BCUT2D eigenvalue weighted by atomic mass is 10.1. The van der Waals surface area contributed by atoms with Crippen LogP contribution in [0.3, 0.4) is 0 Å². The lowest BCUT2D eigenvalue weighted by Gasteiger charge is -2.03. The number of amides is 1. The molecule has 0 aliphatic rings. The van der Waals surface area contributed by atoms with Crippen molar-refractivity contribution >= 4 is 39.1 Å². The van der Waals surface area contributed by atoms with Crippen LogP contribution in [0.2, 0.25) is 0 Å². The zero-order valence-corrected chi connectivity index (χ0v) is 14.3. The van der Waals surface area contributed by atoms with E-state index >= 15 is 0 Å². The van der Waals surface area contributed by atoms with Crippen molar-refractivity contribution in [1.82, 2.24) is 15.2 Å². The molecule has 1 amide bonds. The average Bonchev–Trinajstić information content (AvgIpc) is 3.21. The van der Waals surface area contributed by atoms with Crippen LogP contribution in [0, 0.1) is 0 Å². The Morgan fingerprint density at radius 3 is 2.88 bits per heavy atom. The third kappa shape index (κ3) is 3.21. The molecule has 7 heteroatoms. The summed E-state index contributed by atoms with van der Waals surface area (Å²) in [4.78, 5) is 27.6. The first kappa shape index (κ1) is 16.3. The molecule has 1 atom stereocenters. The summed E-state index contributed by atoms with van der Waals surface area (Å²) in [6, 6.07) is 7.36. The maximum atomic E-state index is 12.4. The molecule has 2 aromatic heterocycles. The maximum absolute atomic E-state index is 12.4. The summed E-state index contributed by atoms with van der Waals surface area (Å²) in [7, 11) is 0. The van der Waals surface area contributed by atoms with Gasteiger partial charge in [-0.2, -0.15) is 0 Å². The van der Waals surface area contributed by atoms with Crippen molar-refractivity contribution in [3.8, 4) is 0 Å². The number of fused-ring (bicyclic) bond motifs is 1. The maximum Gasteiger partial charge on any atom is 0.298 e. The van der Waals surface area contributed by atoms with Gasteiger partial charge < -0.3 is 4.98 Å². The van der Waals surface area contributed by atoms with Crippen LogP contribution >= 0.6 is 11.3 Å². The smallest absolute Gasteiger partial charge is 0.298 e. The standard InChI is InChI=1S/C17H18N4O2S/c1-3-6-10(2)16-20-21-17(24-16)19-15(23)14(22)12-9-18-13-8-5-4-7-11(12)13/h4-5,7-10,18H,3,6H2,1-2H3,(H,19,21,23). The number of anilines is 1. The SMILES string of the molecule is CCCC(C)c1nnc(NC(=O)C(=O)c2c[nH]c3ccccc23)s1. The molecule has 0 aliphatic carbocycles. The van der Waals surface area contributed by atoms with Crippen molar-refractivity contribution in [2.45, 2.75) is 32.6 Å². The molecule has 2 N–H and O–H groups in total. The fourth-order valence-electron chi connectivity index (χ4n) is 2.58. The summed E-state index contributed by atoms with van der Waals surface area (Å²) in [5, 5.41) is 12.6. The molecule has 2 heterocycles. The number of Topliss-reactive ketones (excluding diaryl/α,β-unsaturated/α-hetero) is 1. The van der Waals surface area contributed by atoms with Gasteiger partial charge in [0.05, 0.1) is 5.56 Å². The van der Waals surface area contributed by atoms with Crippen LogP contribution in [0.25, 0.3) is 10.9 Å². The van der Waals surface area contributed by atoms with E-state index in [9.17, 15) is 9.59 Å². The predicted molar refractivity (Wildman–Crippen MR) is 94.5 cm³/mol. The molecule has 6 nitrogen and oxygen atoms in total. The first-order chi connectivity index (χ1) is 11.6. The molecule has 0 fully saturated rings. The lowest BCUT2D eigenvalue weighted by Crippen LogP contribution is -2.22. The van der Waals surface area contributed by atoms with Gasteiger partial charge in [-0.3, -0.25) is 14.9 Å². The number of aromatic nitrogens is 3. The van der Waals surface area contributed by atoms with Gasteiger partial charge in [-0.05, 0) is 12.5 Å². The zero-order chi connectivity index (χ0) is 17.1. The Morgan fingerprint density at radius 2 is 2.08 bits per heavy atom. The number of carbonyl (C=O) groups is 2. The Bertz CT molecular complexity index is 883. The van der Waals surface area contributed by atoms with E-state index in [1.54, 1.807) is 6.20 Å². The van der Waals surface area contributed by atoms with Gasteiger partial charge in [-0.25, -0.2) is 0 Å². The number of carbonyl (C=O) groups excluding carboxylic acids is 2. The third-order valence-corrected chi connectivity index (χ3v) is 4.91. The number of rotatable bonds is 6. The van der Waals surface area contributed by atoms with Gasteiger partial charge in [0.25, 0.3) is 11.7 Å². The minimum atomic E-state index is -0.703. The average molecular weight is 342 g/mol. The highest BCUT2D eigenvalue weighted by Gasteiger charge is 2.21. The quantitative estimate of drug-likeness (QED) is 0.527. The van der Waals surface area contributed by atoms with E-state index in [1.807, 2.05) is 24.3 Å². The third-order valence-electron chi connectivity index (χ3n) is 3.84. The molecule has 24 heavy (non-hydrogen) atoms. The summed E-state index contributed by atoms with van der Waals surface area (Å²) in [5.41, 5.74) is 1.17. The van der Waals surface area contributed by atoms with Crippen molar-refractivity contribution in [2.24, 2.45) is 0 Å². The molecule has 0 radical (unpaired) electrons. The van der Waals surface area contributed by atoms with E-state index in [2.05, 4.69) is 34.3 Å². The second kappa shape index (κ2) is 6.92. The number of aromatic amines is 1. The number of hydrogen-bond donors (Lipinski definition) is 2. The molecular formula is C17H18N4O2S. The predicted octanol–water partition coefficient (Wildman–Crippen LogP) is 3.74. The van der Waals surface area contributed by atoms with Gasteiger partial charge in [0.1, 0.15) is 5.01 Å². The van der Waals surface area contributed by atoms with Gasteiger partial charge in [0.15, 0.2) is 0 Å². The topological polar surface area (TPSA) is 87.7 Å². The largest absolute Gasteiger partial charge is 0.360 e. The van der Waals surface area contributed by atoms with Crippen LogP contribution in [-0.4, -0.2) is 26.9 Å². The van der Waals surface area contributed by atoms with Crippen molar-refractivity contribution in [3.05, 3.63) is 41.0 Å². The Kier molecular flexibility index (Phi) is 4.71. The highest BCUT2D eigenvalue weighted by atomic mass is 32.1. The molecule has 0 spiro atoms. The van der Waals surface area contributed by atoms with Gasteiger partial charge in [0, 0.05) is 23.0 Å². The van der Waals surface area contributed by atoms with Crippen molar-refractivity contribution in [3.63, 3.8) is 0 Å². The number of hydrogen-bond acceptors (Lipinski definition) is 5. The molecule has 0 saturated heterocycles. The van der Waals surface area contributed by atoms with E-state index in [1.165, 1.54) is 11.3 Å². The van der Waals surface area contributed by atoms with E-state index < -0.39 is 11.7 Å². The van der Waals surface area contributed by atoms with Crippen LogP contribution in [0.15, 0.2) is 30.5 Å². The lowest BCUT2D eigenvalue weighted by molar-refractivity contribution is -0.112. The van der Waals surface area contributed by atoms with Crippen LogP contribution in [-0.2, 0) is 4.79 Å². The molecule has 3 rings (SSSR count). The molecular weight excluding hydrogens is 324 g/mol. The van der Waals surface area contributed by atoms with E-state index in [0.29, 0.717) is 16.6 Å². The summed E-state index contributed by atoms with van der Waals surface area (Å²) in [6.07, 6.45) is 3.62. The van der Waals surface area contributed by atoms with Crippen molar-refractivity contribution in [2.75, 3.05) is 5.32 Å². The van der Waals surface area contributed by atoms with E-state index in [-0.39, 0.29) is 0 Å². The molecule has 1 aromatic carbocycles. The number of nitrogens with one attached hydrogen (secondary N) is 2. The van der Waals surface area contributed by atoms with Gasteiger partial charge in [0.2, 0.25) is 5.13 Å². The van der Waals surface area contributed by atoms with Gasteiger partial charge in [-0.15, -0.1) is 10.2 Å². The van der Waals surface area contributed by atoms with E-state index in [0.717, 1.165) is 28.8 Å². The Balaban J connectivity index is 1.74. The first-order valence-corrected chi connectivity index (χ1v) is 8.67. The summed E-state index contributed by atoms with van der Waals surface area (Å²) in [5.74, 6) is -1.00. The Labute approximate surface area is 143 Å². The van der Waals surface area contributed by atoms with Crippen LogP contribution < -0.4 is 5.32 Å². The molecule has 0 saturated carbocycles. The Morgan fingerprint density at radius 1 is 1.29 bits per heavy atom. The monoisotopic (exact) mass is 342 g/mol. The van der Waals surface area contributed by atoms with Crippen LogP contribution in [0.1, 0.15) is 48.0 Å². The fraction of sp³-hybridized carbons (Fsp3) is 0.294. The van der Waals surface area contributed by atoms with Crippen molar-refractivity contribution < 1.29 is 9.59 Å². The normalized spacial score (nSPS) is 12.2. The van der Waals surface area contributed by atoms with Crippen molar-refractivity contribution in [1.29, 1.82) is 0 Å². The summed E-state index contributed by atoms with van der Waals surface area (Å²) < 4.78 is 0. The summed E-state index contributed by atoms with van der Waals surface area (Å²) >= 11 is 1.31. The second-order valence-corrected chi connectivity index (χ2v) is 6.68. The first-order valence-electron chi connectivity index (χ1n) is 7.85. The molecule has 1 unspecified atom stereocenters. The Hall–Kier alpha value is -2.54. The van der Waals surface area contributed by atoms with Crippen LogP contribution in [0.5, 0.6) is 0 Å². The number of benzene rings is 1. The minimum absolute atomic E-state index is 0.294. The molecule has 3 aromatic rings. The second-order valence-electron chi connectivity index (χ2n) is 5.67. The van der Waals surface area contributed by atoms with Gasteiger partial charge >= 0.3 is 0 Å². The highest BCUT2D eigenvalue weighted by Crippen LogP contribution is 2.26. The molecule has 124 valence electrons. The zero-order valence-electron chi connectivity index (χ0n) is 13.5. The molecule has 0 bridgehead atoms. The summed E-state index contributed by atoms with van der Waals surface area (Å²) in [6.45, 7) is 4.19. The molecule has 0 aliphatic heterocycles. The number of H-pyrrole nitrogens is 1. The van der Waals surface area contributed by atoms with Crippen LogP contribution in [0.4, 0.5) is 5.13 Å². The van der Waals surface area contributed by atoms with E-state index in [4.69, 9.17) is 0 Å². The van der Waals surface area contributed by atoms with Gasteiger partial charge in [-0.1, -0.05) is 49.8 Å². The highest BCUT2D eigenvalue weighted by molar-refractivity contribution is 7.15.